The van der Waals surface area contributed by atoms with Crippen molar-refractivity contribution in [2.45, 2.75) is 38.8 Å². The molecule has 0 fully saturated rings. The lowest BCUT2D eigenvalue weighted by atomic mass is 9.95. The lowest BCUT2D eigenvalue weighted by Gasteiger charge is -2.29. The molecule has 0 radical (unpaired) electrons. The summed E-state index contributed by atoms with van der Waals surface area (Å²) in [6.07, 6.45) is 1.48. The van der Waals surface area contributed by atoms with E-state index in [1.165, 1.54) is 17.7 Å². The third-order valence-electron chi connectivity index (χ3n) is 3.77. The molecule has 6 heteroatoms. The zero-order valence-electron chi connectivity index (χ0n) is 12.1. The van der Waals surface area contributed by atoms with E-state index in [4.69, 9.17) is 5.11 Å². The van der Waals surface area contributed by atoms with E-state index in [0.717, 1.165) is 11.0 Å². The molecule has 0 spiro atoms. The van der Waals surface area contributed by atoms with Crippen molar-refractivity contribution in [3.8, 4) is 0 Å². The minimum Gasteiger partial charge on any atom is -0.396 e. The van der Waals surface area contributed by atoms with Crippen LogP contribution in [0, 0.1) is 0 Å². The summed E-state index contributed by atoms with van der Waals surface area (Å²) in [5, 5.41) is 12.4. The maximum Gasteiger partial charge on any atom is 0.330 e. The average Bonchev–Trinajstić information content (AvgIpc) is 2.39. The van der Waals surface area contributed by atoms with Gasteiger partial charge in [0, 0.05) is 44.5 Å². The zero-order chi connectivity index (χ0) is 14.6. The quantitative estimate of drug-likeness (QED) is 0.745. The molecule has 1 heterocycles. The molecule has 1 unspecified atom stereocenters. The number of aliphatic hydroxyl groups excluding tert-OH is 1. The molecule has 0 saturated heterocycles. The van der Waals surface area contributed by atoms with Gasteiger partial charge in [0.1, 0.15) is 0 Å². The van der Waals surface area contributed by atoms with E-state index in [0.29, 0.717) is 18.7 Å². The van der Waals surface area contributed by atoms with E-state index in [2.05, 4.69) is 5.32 Å². The second kappa shape index (κ2) is 6.16. The number of aromatic nitrogens is 2. The Morgan fingerprint density at radius 3 is 2.47 bits per heavy atom. The maximum absolute atomic E-state index is 11.8. The lowest BCUT2D eigenvalue weighted by molar-refractivity contribution is 0.213. The van der Waals surface area contributed by atoms with E-state index in [9.17, 15) is 9.59 Å². The number of nitrogens with one attached hydrogen (secondary N) is 1. The minimum absolute atomic E-state index is 0.104. The van der Waals surface area contributed by atoms with E-state index >= 15 is 0 Å². The average molecular weight is 269 g/mol. The summed E-state index contributed by atoms with van der Waals surface area (Å²) in [6, 6.07) is 1.46. The third kappa shape index (κ3) is 3.54. The van der Waals surface area contributed by atoms with Crippen LogP contribution in [0.5, 0.6) is 0 Å². The predicted octanol–water partition coefficient (Wildman–Crippen LogP) is -0.275. The van der Waals surface area contributed by atoms with E-state index in [-0.39, 0.29) is 23.4 Å². The summed E-state index contributed by atoms with van der Waals surface area (Å²) in [7, 11) is 3.11. The predicted molar refractivity (Wildman–Crippen MR) is 74.2 cm³/mol. The third-order valence-corrected chi connectivity index (χ3v) is 3.77. The maximum atomic E-state index is 11.8. The Bertz CT molecular complexity index is 547. The Balaban J connectivity index is 2.96. The van der Waals surface area contributed by atoms with Gasteiger partial charge < -0.3 is 10.4 Å². The Hall–Kier alpha value is -1.40. The molecule has 0 aromatic carbocycles. The van der Waals surface area contributed by atoms with Gasteiger partial charge in [-0.15, -0.1) is 0 Å². The number of hydrogen-bond acceptors (Lipinski definition) is 4. The van der Waals surface area contributed by atoms with Gasteiger partial charge in [-0.2, -0.15) is 0 Å². The summed E-state index contributed by atoms with van der Waals surface area (Å²) < 4.78 is 2.54. The molecule has 1 atom stereocenters. The highest BCUT2D eigenvalue weighted by Crippen LogP contribution is 2.14. The first-order valence-corrected chi connectivity index (χ1v) is 6.46. The van der Waals surface area contributed by atoms with Crippen LogP contribution in [0.3, 0.4) is 0 Å². The van der Waals surface area contributed by atoms with E-state index in [1.54, 1.807) is 7.05 Å². The van der Waals surface area contributed by atoms with Gasteiger partial charge in [-0.1, -0.05) is 6.92 Å². The molecule has 0 aliphatic carbocycles. The van der Waals surface area contributed by atoms with Crippen LogP contribution in [-0.4, -0.2) is 26.4 Å². The second-order valence-electron chi connectivity index (χ2n) is 5.12. The minimum atomic E-state index is -0.329. The fraction of sp³-hybridized carbons (Fsp3) is 0.692. The molecule has 0 aliphatic rings. The fourth-order valence-electron chi connectivity index (χ4n) is 1.89. The molecular weight excluding hydrogens is 246 g/mol. The second-order valence-corrected chi connectivity index (χ2v) is 5.12. The Morgan fingerprint density at radius 2 is 1.95 bits per heavy atom. The zero-order valence-corrected chi connectivity index (χ0v) is 12.1. The molecular formula is C13H23N3O3. The van der Waals surface area contributed by atoms with Crippen molar-refractivity contribution in [1.29, 1.82) is 0 Å². The van der Waals surface area contributed by atoms with Crippen LogP contribution in [0.2, 0.25) is 0 Å². The smallest absolute Gasteiger partial charge is 0.330 e. The van der Waals surface area contributed by atoms with Crippen LogP contribution in [0.25, 0.3) is 0 Å². The van der Waals surface area contributed by atoms with Crippen molar-refractivity contribution in [3.05, 3.63) is 32.6 Å². The van der Waals surface area contributed by atoms with Crippen LogP contribution < -0.4 is 16.6 Å². The van der Waals surface area contributed by atoms with Gasteiger partial charge in [-0.05, 0) is 19.8 Å². The van der Waals surface area contributed by atoms with Gasteiger partial charge in [0.15, 0.2) is 0 Å². The monoisotopic (exact) mass is 269 g/mol. The van der Waals surface area contributed by atoms with Crippen molar-refractivity contribution in [1.82, 2.24) is 14.5 Å². The fourth-order valence-corrected chi connectivity index (χ4v) is 1.89. The summed E-state index contributed by atoms with van der Waals surface area (Å²) in [6.45, 7) is 4.58. The van der Waals surface area contributed by atoms with Gasteiger partial charge in [0.2, 0.25) is 0 Å². The number of aliphatic hydroxyl groups is 1. The van der Waals surface area contributed by atoms with E-state index in [1.807, 2.05) is 13.8 Å². The summed E-state index contributed by atoms with van der Waals surface area (Å²) in [5.41, 5.74) is -0.193. The summed E-state index contributed by atoms with van der Waals surface area (Å²) in [5.74, 6) is 0. The first-order valence-electron chi connectivity index (χ1n) is 6.46. The van der Waals surface area contributed by atoms with Gasteiger partial charge in [-0.3, -0.25) is 13.9 Å². The van der Waals surface area contributed by atoms with Gasteiger partial charge in [0.25, 0.3) is 5.56 Å². The molecule has 1 rings (SSSR count). The van der Waals surface area contributed by atoms with Crippen LogP contribution in [-0.2, 0) is 20.6 Å². The summed E-state index contributed by atoms with van der Waals surface area (Å²) >= 11 is 0. The lowest BCUT2D eigenvalue weighted by Crippen LogP contribution is -2.44. The number of hydrogen-bond donors (Lipinski definition) is 2. The molecule has 2 N–H and O–H groups in total. The Labute approximate surface area is 112 Å². The summed E-state index contributed by atoms with van der Waals surface area (Å²) in [4.78, 5) is 23.4. The Kier molecular flexibility index (Phi) is 5.08. The molecule has 1 aromatic rings. The largest absolute Gasteiger partial charge is 0.396 e. The van der Waals surface area contributed by atoms with Crippen molar-refractivity contribution in [3.63, 3.8) is 0 Å². The van der Waals surface area contributed by atoms with Gasteiger partial charge >= 0.3 is 5.69 Å². The standard InChI is InChI=1S/C13H23N3O3/c1-5-13(2,6-7-17)14-9-10-8-11(18)16(4)12(19)15(10)3/h8,14,17H,5-7,9H2,1-4H3. The van der Waals surface area contributed by atoms with Gasteiger partial charge in [-0.25, -0.2) is 4.79 Å². The van der Waals surface area contributed by atoms with Crippen LogP contribution in [0.4, 0.5) is 0 Å². The Morgan fingerprint density at radius 1 is 1.32 bits per heavy atom. The first-order chi connectivity index (χ1) is 8.84. The molecule has 0 aliphatic heterocycles. The molecule has 19 heavy (non-hydrogen) atoms. The molecule has 6 nitrogen and oxygen atoms in total. The van der Waals surface area contributed by atoms with Crippen molar-refractivity contribution in [2.75, 3.05) is 6.61 Å². The molecule has 0 amide bonds. The van der Waals surface area contributed by atoms with Gasteiger partial charge in [0.05, 0.1) is 0 Å². The van der Waals surface area contributed by atoms with E-state index < -0.39 is 0 Å². The normalized spacial score (nSPS) is 14.4. The molecule has 0 bridgehead atoms. The first kappa shape index (κ1) is 15.7. The topological polar surface area (TPSA) is 76.3 Å². The highest BCUT2D eigenvalue weighted by molar-refractivity contribution is 5.03. The molecule has 0 saturated carbocycles. The van der Waals surface area contributed by atoms with Crippen LogP contribution in [0.1, 0.15) is 32.4 Å². The molecule has 108 valence electrons. The highest BCUT2D eigenvalue weighted by atomic mass is 16.3. The number of nitrogens with zero attached hydrogens (tertiary/aromatic N) is 2. The highest BCUT2D eigenvalue weighted by Gasteiger charge is 2.21. The number of rotatable bonds is 6. The van der Waals surface area contributed by atoms with Crippen LogP contribution >= 0.6 is 0 Å². The van der Waals surface area contributed by atoms with Crippen molar-refractivity contribution < 1.29 is 5.11 Å². The van der Waals surface area contributed by atoms with Crippen LogP contribution in [0.15, 0.2) is 15.7 Å². The van der Waals surface area contributed by atoms with Crippen molar-refractivity contribution in [2.24, 2.45) is 14.1 Å². The SMILES string of the molecule is CCC(C)(CCO)NCc1cc(=O)n(C)c(=O)n1C. The van der Waals surface area contributed by atoms with Crippen molar-refractivity contribution >= 4 is 0 Å². The molecule has 1 aromatic heterocycles.